The number of thiazole rings is 1. The Kier molecular flexibility index (Phi) is 4.54. The molecule has 0 atom stereocenters. The number of nitrogens with two attached hydrogens (primary N) is 1. The summed E-state index contributed by atoms with van der Waals surface area (Å²) < 4.78 is 3.01. The van der Waals surface area contributed by atoms with Crippen LogP contribution in [-0.2, 0) is 12.3 Å². The monoisotopic (exact) mass is 284 g/mol. The first-order valence-electron chi connectivity index (χ1n) is 5.81. The van der Waals surface area contributed by atoms with E-state index in [9.17, 15) is 0 Å². The maximum atomic E-state index is 5.67. The molecule has 2 heterocycles. The van der Waals surface area contributed by atoms with Crippen molar-refractivity contribution in [3.05, 3.63) is 11.5 Å². The molecule has 0 fully saturated rings. The summed E-state index contributed by atoms with van der Waals surface area (Å²) in [5, 5.41) is 12.4. The third-order valence-corrected chi connectivity index (χ3v) is 4.78. The number of rotatable bonds is 6. The molecule has 0 aliphatic carbocycles. The second-order valence-corrected chi connectivity index (χ2v) is 6.16. The molecule has 0 saturated carbocycles. The second-order valence-electron chi connectivity index (χ2n) is 3.89. The minimum Gasteiger partial charge on any atom is -0.375 e. The molecular formula is C10H16N6S2. The number of anilines is 1. The van der Waals surface area contributed by atoms with Gasteiger partial charge in [0.05, 0.1) is 15.7 Å². The van der Waals surface area contributed by atoms with Crippen molar-refractivity contribution in [3.63, 3.8) is 0 Å². The van der Waals surface area contributed by atoms with Gasteiger partial charge in [0.15, 0.2) is 11.0 Å². The van der Waals surface area contributed by atoms with Crippen LogP contribution in [0.2, 0.25) is 0 Å². The fourth-order valence-electron chi connectivity index (χ4n) is 1.47. The van der Waals surface area contributed by atoms with Crippen molar-refractivity contribution in [1.82, 2.24) is 25.2 Å². The Morgan fingerprint density at radius 2 is 2.28 bits per heavy atom. The minimum absolute atomic E-state index is 0.612. The predicted octanol–water partition coefficient (Wildman–Crippen LogP) is 2.11. The van der Waals surface area contributed by atoms with E-state index in [0.29, 0.717) is 5.13 Å². The Labute approximate surface area is 114 Å². The highest BCUT2D eigenvalue weighted by molar-refractivity contribution is 8.00. The number of aryl methyl sites for hydroxylation is 2. The number of thioether (sulfide) groups is 1. The van der Waals surface area contributed by atoms with Crippen LogP contribution < -0.4 is 5.73 Å². The first-order chi connectivity index (χ1) is 8.70. The maximum Gasteiger partial charge on any atom is 0.181 e. The van der Waals surface area contributed by atoms with Gasteiger partial charge in [-0.1, -0.05) is 24.7 Å². The van der Waals surface area contributed by atoms with E-state index in [1.807, 2.05) is 11.6 Å². The zero-order valence-electron chi connectivity index (χ0n) is 10.5. The summed E-state index contributed by atoms with van der Waals surface area (Å²) in [4.78, 5) is 4.20. The number of nitrogen functional groups attached to an aromatic ring is 1. The van der Waals surface area contributed by atoms with Gasteiger partial charge in [-0.15, -0.1) is 16.9 Å². The second kappa shape index (κ2) is 6.14. The summed E-state index contributed by atoms with van der Waals surface area (Å²) in [6, 6.07) is 0. The average Bonchev–Trinajstić information content (AvgIpc) is 2.90. The van der Waals surface area contributed by atoms with Crippen molar-refractivity contribution in [2.24, 2.45) is 0 Å². The van der Waals surface area contributed by atoms with Crippen LogP contribution in [0.4, 0.5) is 5.13 Å². The molecule has 0 aliphatic rings. The predicted molar refractivity (Wildman–Crippen MR) is 73.5 cm³/mol. The maximum absolute atomic E-state index is 5.67. The van der Waals surface area contributed by atoms with Crippen LogP contribution in [0.3, 0.4) is 0 Å². The van der Waals surface area contributed by atoms with Gasteiger partial charge in [0.2, 0.25) is 0 Å². The van der Waals surface area contributed by atoms with Crippen molar-refractivity contribution in [2.45, 2.75) is 43.2 Å². The van der Waals surface area contributed by atoms with Crippen molar-refractivity contribution < 1.29 is 0 Å². The van der Waals surface area contributed by atoms with Crippen LogP contribution in [0.1, 0.15) is 31.3 Å². The smallest absolute Gasteiger partial charge is 0.181 e. The Hall–Kier alpha value is -1.15. The molecule has 0 saturated heterocycles. The van der Waals surface area contributed by atoms with Crippen LogP contribution in [0.15, 0.2) is 4.21 Å². The first-order valence-corrected chi connectivity index (χ1v) is 7.61. The number of aromatic nitrogens is 5. The standard InChI is InChI=1S/C10H16N6S2/c1-3-4-5-16-8(13-14-15-16)6-17-9-7(2)12-10(11)18-9/h3-6H2,1-2H3,(H2,11,12). The quantitative estimate of drug-likeness (QED) is 0.818. The number of tetrazole rings is 1. The molecule has 0 aromatic carbocycles. The van der Waals surface area contributed by atoms with E-state index in [0.717, 1.165) is 40.9 Å². The third kappa shape index (κ3) is 3.20. The topological polar surface area (TPSA) is 82.5 Å². The molecule has 0 bridgehead atoms. The molecule has 0 unspecified atom stereocenters. The lowest BCUT2D eigenvalue weighted by Crippen LogP contribution is -2.04. The van der Waals surface area contributed by atoms with Crippen molar-refractivity contribution in [1.29, 1.82) is 0 Å². The van der Waals surface area contributed by atoms with Crippen molar-refractivity contribution in [2.75, 3.05) is 5.73 Å². The molecule has 0 amide bonds. The lowest BCUT2D eigenvalue weighted by molar-refractivity contribution is 0.540. The SMILES string of the molecule is CCCCn1nnnc1CSc1sc(N)nc1C. The van der Waals surface area contributed by atoms with Gasteiger partial charge in [-0.05, 0) is 23.8 Å². The first kappa shape index (κ1) is 13.3. The van der Waals surface area contributed by atoms with E-state index < -0.39 is 0 Å². The van der Waals surface area contributed by atoms with Crippen LogP contribution in [0.5, 0.6) is 0 Å². The van der Waals surface area contributed by atoms with Crippen LogP contribution in [0, 0.1) is 6.92 Å². The van der Waals surface area contributed by atoms with Gasteiger partial charge >= 0.3 is 0 Å². The Morgan fingerprint density at radius 3 is 2.94 bits per heavy atom. The van der Waals surface area contributed by atoms with E-state index in [1.54, 1.807) is 11.8 Å². The number of unbranched alkanes of at least 4 members (excludes halogenated alkanes) is 1. The summed E-state index contributed by atoms with van der Waals surface area (Å²) in [5.41, 5.74) is 6.65. The van der Waals surface area contributed by atoms with Crippen LogP contribution in [-0.4, -0.2) is 25.2 Å². The zero-order chi connectivity index (χ0) is 13.0. The fraction of sp³-hybridized carbons (Fsp3) is 0.600. The minimum atomic E-state index is 0.612. The zero-order valence-corrected chi connectivity index (χ0v) is 12.1. The molecule has 2 aromatic rings. The van der Waals surface area contributed by atoms with E-state index in [4.69, 9.17) is 5.73 Å². The molecule has 0 spiro atoms. The van der Waals surface area contributed by atoms with Crippen molar-refractivity contribution >= 4 is 28.2 Å². The van der Waals surface area contributed by atoms with E-state index in [1.165, 1.54) is 11.3 Å². The average molecular weight is 284 g/mol. The highest BCUT2D eigenvalue weighted by Crippen LogP contribution is 2.32. The summed E-state index contributed by atoms with van der Waals surface area (Å²) in [6.45, 7) is 5.00. The fourth-order valence-corrected chi connectivity index (χ4v) is 3.43. The molecule has 0 radical (unpaired) electrons. The number of nitrogens with zero attached hydrogens (tertiary/aromatic N) is 5. The van der Waals surface area contributed by atoms with Crippen LogP contribution >= 0.6 is 23.1 Å². The summed E-state index contributed by atoms with van der Waals surface area (Å²) >= 11 is 3.20. The van der Waals surface area contributed by atoms with E-state index >= 15 is 0 Å². The summed E-state index contributed by atoms with van der Waals surface area (Å²) in [6.07, 6.45) is 2.23. The lowest BCUT2D eigenvalue weighted by atomic mass is 10.3. The molecular weight excluding hydrogens is 268 g/mol. The van der Waals surface area contributed by atoms with Gasteiger partial charge in [0.1, 0.15) is 0 Å². The Balaban J connectivity index is 1.97. The highest BCUT2D eigenvalue weighted by Gasteiger charge is 2.10. The van der Waals surface area contributed by atoms with E-state index in [2.05, 4.69) is 27.4 Å². The highest BCUT2D eigenvalue weighted by atomic mass is 32.2. The normalized spacial score (nSPS) is 11.0. The molecule has 8 heteroatoms. The molecule has 6 nitrogen and oxygen atoms in total. The largest absolute Gasteiger partial charge is 0.375 e. The summed E-state index contributed by atoms with van der Waals surface area (Å²) in [5.74, 6) is 1.65. The van der Waals surface area contributed by atoms with Crippen molar-refractivity contribution in [3.8, 4) is 0 Å². The molecule has 0 aliphatic heterocycles. The van der Waals surface area contributed by atoms with Gasteiger partial charge in [0.25, 0.3) is 0 Å². The van der Waals surface area contributed by atoms with E-state index in [-0.39, 0.29) is 0 Å². The molecule has 2 rings (SSSR count). The lowest BCUT2D eigenvalue weighted by Gasteiger charge is -2.02. The van der Waals surface area contributed by atoms with Gasteiger partial charge in [-0.2, -0.15) is 0 Å². The molecule has 98 valence electrons. The molecule has 18 heavy (non-hydrogen) atoms. The Morgan fingerprint density at radius 1 is 1.44 bits per heavy atom. The van der Waals surface area contributed by atoms with Gasteiger partial charge in [0, 0.05) is 6.54 Å². The van der Waals surface area contributed by atoms with Gasteiger partial charge in [-0.3, -0.25) is 0 Å². The summed E-state index contributed by atoms with van der Waals surface area (Å²) in [7, 11) is 0. The number of hydrogen-bond acceptors (Lipinski definition) is 7. The van der Waals surface area contributed by atoms with Gasteiger partial charge in [-0.25, -0.2) is 9.67 Å². The van der Waals surface area contributed by atoms with Crippen LogP contribution in [0.25, 0.3) is 0 Å². The number of hydrogen-bond donors (Lipinski definition) is 1. The molecule has 2 aromatic heterocycles. The Bertz CT molecular complexity index is 506. The molecule has 2 N–H and O–H groups in total. The third-order valence-electron chi connectivity index (χ3n) is 2.43. The van der Waals surface area contributed by atoms with Gasteiger partial charge < -0.3 is 5.73 Å².